The first-order valence-corrected chi connectivity index (χ1v) is 10.5. The van der Waals surface area contributed by atoms with Gasteiger partial charge in [-0.3, -0.25) is 9.59 Å². The van der Waals surface area contributed by atoms with Crippen molar-refractivity contribution in [2.45, 2.75) is 13.0 Å². The second-order valence-corrected chi connectivity index (χ2v) is 8.23. The third-order valence-corrected chi connectivity index (χ3v) is 5.70. The van der Waals surface area contributed by atoms with Gasteiger partial charge in [0, 0.05) is 16.1 Å². The molecular weight excluding hydrogens is 457 g/mol. The molecule has 2 N–H and O–H groups in total. The van der Waals surface area contributed by atoms with Crippen LogP contribution < -0.4 is 5.32 Å². The zero-order valence-corrected chi connectivity index (χ0v) is 18.5. The summed E-state index contributed by atoms with van der Waals surface area (Å²) in [7, 11) is 0. The van der Waals surface area contributed by atoms with Gasteiger partial charge in [0.1, 0.15) is 5.82 Å². The zero-order chi connectivity index (χ0) is 22.1. The number of fused-ring (bicyclic) bond motifs is 1. The summed E-state index contributed by atoms with van der Waals surface area (Å²) in [5.41, 5.74) is 2.77. The number of carbonyl (C=O) groups excluding carboxylic acids is 2. The van der Waals surface area contributed by atoms with Gasteiger partial charge in [-0.25, -0.2) is 4.98 Å². The molecule has 0 bridgehead atoms. The summed E-state index contributed by atoms with van der Waals surface area (Å²) in [6.45, 7) is 1.64. The summed E-state index contributed by atoms with van der Waals surface area (Å²) in [4.78, 5) is 32.9. The number of Topliss-reactive ketones (excluding diaryl/α,β-unsaturated/α-hetero) is 1. The van der Waals surface area contributed by atoms with E-state index in [1.807, 2.05) is 0 Å². The molecule has 0 saturated carbocycles. The van der Waals surface area contributed by atoms with Gasteiger partial charge in [0.2, 0.25) is 0 Å². The second kappa shape index (κ2) is 8.71. The van der Waals surface area contributed by atoms with Crippen LogP contribution in [0.1, 0.15) is 27.6 Å². The Hall–Kier alpha value is -2.86. The van der Waals surface area contributed by atoms with Crippen molar-refractivity contribution in [2.75, 3.05) is 0 Å². The van der Waals surface area contributed by atoms with Gasteiger partial charge in [-0.1, -0.05) is 40.9 Å². The summed E-state index contributed by atoms with van der Waals surface area (Å²) in [5, 5.41) is 4.22. The molecule has 0 spiro atoms. The Morgan fingerprint density at radius 1 is 0.935 bits per heavy atom. The third-order valence-electron chi connectivity index (χ3n) is 4.81. The Morgan fingerprint density at radius 2 is 1.58 bits per heavy atom. The topological polar surface area (TPSA) is 74.8 Å². The lowest BCUT2D eigenvalue weighted by atomic mass is 10.0. The minimum Gasteiger partial charge on any atom is -0.342 e. The SMILES string of the molecule is CC(NC(=O)c1ccc2nc(-c3c(Cl)cccc3Cl)[nH]c2c1)C(=O)c1ccc(Cl)cc1. The first kappa shape index (κ1) is 21.4. The predicted molar refractivity (Wildman–Crippen MR) is 124 cm³/mol. The van der Waals surface area contributed by atoms with Gasteiger partial charge in [0.15, 0.2) is 5.78 Å². The number of aromatic nitrogens is 2. The molecule has 1 aromatic heterocycles. The Labute approximate surface area is 193 Å². The van der Waals surface area contributed by atoms with Crippen LogP contribution in [-0.2, 0) is 0 Å². The van der Waals surface area contributed by atoms with Crippen molar-refractivity contribution < 1.29 is 9.59 Å². The molecule has 1 amide bonds. The molecule has 1 atom stereocenters. The van der Waals surface area contributed by atoms with Gasteiger partial charge in [-0.2, -0.15) is 0 Å². The molecule has 0 radical (unpaired) electrons. The number of aromatic amines is 1. The lowest BCUT2D eigenvalue weighted by Crippen LogP contribution is -2.38. The number of benzene rings is 3. The van der Waals surface area contributed by atoms with Crippen molar-refractivity contribution in [2.24, 2.45) is 0 Å². The first-order valence-electron chi connectivity index (χ1n) is 9.38. The molecule has 0 saturated heterocycles. The molecule has 8 heteroatoms. The average Bonchev–Trinajstić information content (AvgIpc) is 3.16. The maximum Gasteiger partial charge on any atom is 0.251 e. The molecule has 4 rings (SSSR count). The van der Waals surface area contributed by atoms with Crippen molar-refractivity contribution >= 4 is 57.5 Å². The smallest absolute Gasteiger partial charge is 0.251 e. The highest BCUT2D eigenvalue weighted by molar-refractivity contribution is 6.39. The van der Waals surface area contributed by atoms with Gasteiger partial charge in [0.25, 0.3) is 5.91 Å². The van der Waals surface area contributed by atoms with Crippen LogP contribution in [0.2, 0.25) is 15.1 Å². The Kier molecular flexibility index (Phi) is 6.01. The van der Waals surface area contributed by atoms with Gasteiger partial charge >= 0.3 is 0 Å². The van der Waals surface area contributed by atoms with E-state index in [0.29, 0.717) is 48.6 Å². The number of imidazole rings is 1. The highest BCUT2D eigenvalue weighted by Gasteiger charge is 2.19. The van der Waals surface area contributed by atoms with Crippen LogP contribution in [0, 0.1) is 0 Å². The van der Waals surface area contributed by atoms with Gasteiger partial charge in [0.05, 0.1) is 32.7 Å². The molecule has 4 aromatic rings. The summed E-state index contributed by atoms with van der Waals surface area (Å²) in [6.07, 6.45) is 0. The van der Waals surface area contributed by atoms with E-state index < -0.39 is 6.04 Å². The number of halogens is 3. The molecule has 1 heterocycles. The lowest BCUT2D eigenvalue weighted by molar-refractivity contribution is 0.0865. The number of carbonyl (C=O) groups is 2. The Bertz CT molecular complexity index is 1280. The third kappa shape index (κ3) is 4.44. The number of nitrogens with zero attached hydrogens (tertiary/aromatic N) is 1. The van der Waals surface area contributed by atoms with E-state index in [9.17, 15) is 9.59 Å². The van der Waals surface area contributed by atoms with E-state index in [1.54, 1.807) is 67.6 Å². The fourth-order valence-corrected chi connectivity index (χ4v) is 3.91. The molecule has 0 aliphatic rings. The van der Waals surface area contributed by atoms with Crippen molar-refractivity contribution in [3.8, 4) is 11.4 Å². The van der Waals surface area contributed by atoms with Crippen LogP contribution in [0.5, 0.6) is 0 Å². The van der Waals surface area contributed by atoms with Crippen LogP contribution in [-0.4, -0.2) is 27.7 Å². The molecule has 5 nitrogen and oxygen atoms in total. The summed E-state index contributed by atoms with van der Waals surface area (Å²) in [6, 6.07) is 16.1. The fourth-order valence-electron chi connectivity index (χ4n) is 3.20. The summed E-state index contributed by atoms with van der Waals surface area (Å²) < 4.78 is 0. The molecule has 31 heavy (non-hydrogen) atoms. The molecule has 156 valence electrons. The number of nitrogens with one attached hydrogen (secondary N) is 2. The Balaban J connectivity index is 1.56. The van der Waals surface area contributed by atoms with E-state index in [1.165, 1.54) is 0 Å². The maximum atomic E-state index is 12.7. The van der Waals surface area contributed by atoms with Crippen molar-refractivity contribution in [3.05, 3.63) is 86.9 Å². The first-order chi connectivity index (χ1) is 14.8. The largest absolute Gasteiger partial charge is 0.342 e. The number of hydrogen-bond donors (Lipinski definition) is 2. The van der Waals surface area contributed by atoms with Gasteiger partial charge in [-0.05, 0) is 61.5 Å². The number of amides is 1. The Morgan fingerprint density at radius 3 is 2.26 bits per heavy atom. The van der Waals surface area contributed by atoms with E-state index in [0.717, 1.165) is 0 Å². The molecule has 0 fully saturated rings. The van der Waals surface area contributed by atoms with E-state index >= 15 is 0 Å². The van der Waals surface area contributed by atoms with Crippen molar-refractivity contribution in [1.82, 2.24) is 15.3 Å². The highest BCUT2D eigenvalue weighted by atomic mass is 35.5. The van der Waals surface area contributed by atoms with Crippen LogP contribution in [0.25, 0.3) is 22.4 Å². The number of ketones is 1. The van der Waals surface area contributed by atoms with E-state index in [-0.39, 0.29) is 11.7 Å². The van der Waals surface area contributed by atoms with Gasteiger partial charge < -0.3 is 10.3 Å². The van der Waals surface area contributed by atoms with Crippen LogP contribution >= 0.6 is 34.8 Å². The number of hydrogen-bond acceptors (Lipinski definition) is 3. The quantitative estimate of drug-likeness (QED) is 0.340. The van der Waals surface area contributed by atoms with Gasteiger partial charge in [-0.15, -0.1) is 0 Å². The second-order valence-electron chi connectivity index (χ2n) is 6.98. The molecule has 3 aromatic carbocycles. The van der Waals surface area contributed by atoms with Crippen molar-refractivity contribution in [1.29, 1.82) is 0 Å². The molecule has 1 unspecified atom stereocenters. The average molecular weight is 473 g/mol. The van der Waals surface area contributed by atoms with Crippen LogP contribution in [0.15, 0.2) is 60.7 Å². The van der Waals surface area contributed by atoms with Crippen LogP contribution in [0.3, 0.4) is 0 Å². The predicted octanol–water partition coefficient (Wildman–Crippen LogP) is 6.19. The van der Waals surface area contributed by atoms with E-state index in [2.05, 4.69) is 15.3 Å². The standard InChI is InChI=1S/C23H16Cl3N3O2/c1-12(21(30)13-5-8-15(24)9-6-13)27-23(31)14-7-10-18-19(11-14)29-22(28-18)20-16(25)3-2-4-17(20)26/h2-12H,1H3,(H,27,31)(H,28,29). The number of rotatable bonds is 5. The molecular formula is C23H16Cl3N3O2. The highest BCUT2D eigenvalue weighted by Crippen LogP contribution is 2.33. The van der Waals surface area contributed by atoms with Crippen LogP contribution in [0.4, 0.5) is 0 Å². The minimum atomic E-state index is -0.705. The summed E-state index contributed by atoms with van der Waals surface area (Å²) in [5.74, 6) is -0.0682. The maximum absolute atomic E-state index is 12.7. The summed E-state index contributed by atoms with van der Waals surface area (Å²) >= 11 is 18.4. The minimum absolute atomic E-state index is 0.205. The van der Waals surface area contributed by atoms with Crippen molar-refractivity contribution in [3.63, 3.8) is 0 Å². The number of H-pyrrole nitrogens is 1. The van der Waals surface area contributed by atoms with E-state index in [4.69, 9.17) is 34.8 Å². The fraction of sp³-hybridized carbons (Fsp3) is 0.0870. The monoisotopic (exact) mass is 471 g/mol. The molecule has 0 aliphatic carbocycles. The normalized spacial score (nSPS) is 12.0. The lowest BCUT2D eigenvalue weighted by Gasteiger charge is -2.13. The molecule has 0 aliphatic heterocycles. The zero-order valence-electron chi connectivity index (χ0n) is 16.2.